The molecule has 0 unspecified atom stereocenters. The van der Waals surface area contributed by atoms with E-state index in [1.165, 1.54) is 0 Å². The molecule has 0 bridgehead atoms. The molecule has 1 rings (SSSR count). The highest BCUT2D eigenvalue weighted by molar-refractivity contribution is 5.79. The SMILES string of the molecule is CCC1(CO)CCN(C(=O)CCCC(=O)NC(C)C)CC1. The second-order valence-corrected chi connectivity index (χ2v) is 6.47. The number of nitrogens with one attached hydrogen (secondary N) is 1. The number of hydrogen-bond acceptors (Lipinski definition) is 3. The van der Waals surface area contributed by atoms with Gasteiger partial charge in [0, 0.05) is 38.6 Å². The minimum Gasteiger partial charge on any atom is -0.396 e. The van der Waals surface area contributed by atoms with Gasteiger partial charge in [0.15, 0.2) is 0 Å². The molecule has 0 aromatic rings. The molecule has 2 N–H and O–H groups in total. The van der Waals surface area contributed by atoms with E-state index in [0.29, 0.717) is 19.3 Å². The highest BCUT2D eigenvalue weighted by atomic mass is 16.3. The van der Waals surface area contributed by atoms with Gasteiger partial charge in [0.05, 0.1) is 0 Å². The lowest BCUT2D eigenvalue weighted by Crippen LogP contribution is -2.44. The summed E-state index contributed by atoms with van der Waals surface area (Å²) in [4.78, 5) is 25.5. The lowest BCUT2D eigenvalue weighted by molar-refractivity contribution is -0.134. The first-order valence-corrected chi connectivity index (χ1v) is 8.10. The first-order chi connectivity index (χ1) is 9.92. The summed E-state index contributed by atoms with van der Waals surface area (Å²) in [5, 5.41) is 12.3. The maximum absolute atomic E-state index is 12.1. The Hall–Kier alpha value is -1.10. The van der Waals surface area contributed by atoms with Crippen LogP contribution in [0.15, 0.2) is 0 Å². The van der Waals surface area contributed by atoms with Crippen LogP contribution in [0.2, 0.25) is 0 Å². The van der Waals surface area contributed by atoms with Crippen LogP contribution in [0.3, 0.4) is 0 Å². The van der Waals surface area contributed by atoms with Crippen molar-refractivity contribution < 1.29 is 14.7 Å². The number of carbonyl (C=O) groups is 2. The molecule has 1 aliphatic rings. The summed E-state index contributed by atoms with van der Waals surface area (Å²) in [6.07, 6.45) is 4.16. The molecule has 0 atom stereocenters. The fourth-order valence-electron chi connectivity index (χ4n) is 2.81. The van der Waals surface area contributed by atoms with Crippen LogP contribution in [0.1, 0.15) is 59.3 Å². The van der Waals surface area contributed by atoms with Gasteiger partial charge in [-0.1, -0.05) is 6.92 Å². The Morgan fingerprint density at radius 3 is 2.33 bits per heavy atom. The Kier molecular flexibility index (Phi) is 7.15. The van der Waals surface area contributed by atoms with Crippen LogP contribution in [0, 0.1) is 5.41 Å². The number of aliphatic hydroxyl groups is 1. The van der Waals surface area contributed by atoms with Gasteiger partial charge >= 0.3 is 0 Å². The fourth-order valence-corrected chi connectivity index (χ4v) is 2.81. The summed E-state index contributed by atoms with van der Waals surface area (Å²) >= 11 is 0. The van der Waals surface area contributed by atoms with Gasteiger partial charge in [0.2, 0.25) is 11.8 Å². The number of aliphatic hydroxyl groups excluding tert-OH is 1. The molecule has 0 aromatic heterocycles. The van der Waals surface area contributed by atoms with E-state index in [1.807, 2.05) is 18.7 Å². The highest BCUT2D eigenvalue weighted by Crippen LogP contribution is 2.34. The number of amides is 2. The first-order valence-electron chi connectivity index (χ1n) is 8.10. The van der Waals surface area contributed by atoms with Crippen LogP contribution in [0.5, 0.6) is 0 Å². The topological polar surface area (TPSA) is 69.6 Å². The quantitative estimate of drug-likeness (QED) is 0.751. The number of nitrogens with zero attached hydrogens (tertiary/aromatic N) is 1. The van der Waals surface area contributed by atoms with Crippen LogP contribution in [-0.4, -0.2) is 47.6 Å². The number of likely N-dealkylation sites (tertiary alicyclic amines) is 1. The Bertz CT molecular complexity index is 341. The van der Waals surface area contributed by atoms with E-state index < -0.39 is 0 Å². The van der Waals surface area contributed by atoms with Crippen molar-refractivity contribution in [2.24, 2.45) is 5.41 Å². The van der Waals surface area contributed by atoms with Crippen molar-refractivity contribution in [3.05, 3.63) is 0 Å². The molecule has 0 spiro atoms. The zero-order valence-corrected chi connectivity index (χ0v) is 13.7. The maximum atomic E-state index is 12.1. The van der Waals surface area contributed by atoms with Crippen LogP contribution in [-0.2, 0) is 9.59 Å². The predicted octanol–water partition coefficient (Wildman–Crippen LogP) is 1.69. The van der Waals surface area contributed by atoms with Gasteiger partial charge in [-0.2, -0.15) is 0 Å². The summed E-state index contributed by atoms with van der Waals surface area (Å²) in [5.74, 6) is 0.150. The molecule has 0 aliphatic carbocycles. The molecule has 5 heteroatoms. The highest BCUT2D eigenvalue weighted by Gasteiger charge is 2.33. The fraction of sp³-hybridized carbons (Fsp3) is 0.875. The maximum Gasteiger partial charge on any atom is 0.222 e. The van der Waals surface area contributed by atoms with Crippen molar-refractivity contribution in [2.75, 3.05) is 19.7 Å². The lowest BCUT2D eigenvalue weighted by atomic mass is 9.77. The van der Waals surface area contributed by atoms with Crippen LogP contribution < -0.4 is 5.32 Å². The summed E-state index contributed by atoms with van der Waals surface area (Å²) in [5.41, 5.74) is 0.00787. The Morgan fingerprint density at radius 1 is 1.24 bits per heavy atom. The van der Waals surface area contributed by atoms with Crippen LogP contribution >= 0.6 is 0 Å². The largest absolute Gasteiger partial charge is 0.396 e. The van der Waals surface area contributed by atoms with Crippen molar-refractivity contribution in [1.82, 2.24) is 10.2 Å². The third kappa shape index (κ3) is 5.65. The van der Waals surface area contributed by atoms with E-state index in [9.17, 15) is 14.7 Å². The normalized spacial score (nSPS) is 17.9. The minimum absolute atomic E-state index is 0.00787. The number of rotatable bonds is 7. The summed E-state index contributed by atoms with van der Waals surface area (Å²) in [7, 11) is 0. The lowest BCUT2D eigenvalue weighted by Gasteiger charge is -2.40. The molecule has 0 aromatic carbocycles. The predicted molar refractivity (Wildman–Crippen MR) is 82.8 cm³/mol. The minimum atomic E-state index is 0.00787. The number of piperidine rings is 1. The summed E-state index contributed by atoms with van der Waals surface area (Å²) in [6, 6.07) is 0.149. The van der Waals surface area contributed by atoms with Gasteiger partial charge in [-0.15, -0.1) is 0 Å². The van der Waals surface area contributed by atoms with E-state index in [4.69, 9.17) is 0 Å². The van der Waals surface area contributed by atoms with E-state index in [2.05, 4.69) is 12.2 Å². The van der Waals surface area contributed by atoms with Crippen molar-refractivity contribution in [2.45, 2.75) is 65.3 Å². The van der Waals surface area contributed by atoms with Gasteiger partial charge < -0.3 is 15.3 Å². The second kappa shape index (κ2) is 8.37. The Morgan fingerprint density at radius 2 is 1.86 bits per heavy atom. The molecule has 1 aliphatic heterocycles. The zero-order chi connectivity index (χ0) is 15.9. The van der Waals surface area contributed by atoms with Gasteiger partial charge in [-0.05, 0) is 44.9 Å². The van der Waals surface area contributed by atoms with Gasteiger partial charge in [-0.3, -0.25) is 9.59 Å². The molecule has 1 fully saturated rings. The molecular weight excluding hydrogens is 268 g/mol. The van der Waals surface area contributed by atoms with Gasteiger partial charge in [-0.25, -0.2) is 0 Å². The van der Waals surface area contributed by atoms with E-state index in [0.717, 1.165) is 32.4 Å². The second-order valence-electron chi connectivity index (χ2n) is 6.47. The number of hydrogen-bond donors (Lipinski definition) is 2. The molecular formula is C16H30N2O3. The third-order valence-corrected chi connectivity index (χ3v) is 4.51. The van der Waals surface area contributed by atoms with Gasteiger partial charge in [0.25, 0.3) is 0 Å². The molecule has 122 valence electrons. The zero-order valence-electron chi connectivity index (χ0n) is 13.7. The van der Waals surface area contributed by atoms with E-state index >= 15 is 0 Å². The molecule has 5 nitrogen and oxygen atoms in total. The Labute approximate surface area is 128 Å². The smallest absolute Gasteiger partial charge is 0.222 e. The van der Waals surface area contributed by atoms with Gasteiger partial charge in [0.1, 0.15) is 0 Å². The van der Waals surface area contributed by atoms with Crippen molar-refractivity contribution in [3.8, 4) is 0 Å². The van der Waals surface area contributed by atoms with Crippen molar-refractivity contribution >= 4 is 11.8 Å². The molecule has 21 heavy (non-hydrogen) atoms. The standard InChI is InChI=1S/C16H30N2O3/c1-4-16(12-19)8-10-18(11-9-16)15(21)7-5-6-14(20)17-13(2)3/h13,19H,4-12H2,1-3H3,(H,17,20). The van der Waals surface area contributed by atoms with Crippen LogP contribution in [0.4, 0.5) is 0 Å². The average molecular weight is 298 g/mol. The van der Waals surface area contributed by atoms with E-state index in [-0.39, 0.29) is 29.9 Å². The number of carbonyl (C=O) groups excluding carboxylic acids is 2. The first kappa shape index (κ1) is 18.0. The summed E-state index contributed by atoms with van der Waals surface area (Å²) in [6.45, 7) is 7.62. The third-order valence-electron chi connectivity index (χ3n) is 4.51. The average Bonchev–Trinajstić information content (AvgIpc) is 2.46. The van der Waals surface area contributed by atoms with Crippen LogP contribution in [0.25, 0.3) is 0 Å². The monoisotopic (exact) mass is 298 g/mol. The van der Waals surface area contributed by atoms with Crippen molar-refractivity contribution in [3.63, 3.8) is 0 Å². The summed E-state index contributed by atoms with van der Waals surface area (Å²) < 4.78 is 0. The Balaban J connectivity index is 2.27. The molecule has 0 saturated carbocycles. The molecule has 2 amide bonds. The molecule has 0 radical (unpaired) electrons. The molecule has 1 heterocycles. The molecule has 1 saturated heterocycles. The van der Waals surface area contributed by atoms with Crippen molar-refractivity contribution in [1.29, 1.82) is 0 Å². The van der Waals surface area contributed by atoms with E-state index in [1.54, 1.807) is 0 Å².